The van der Waals surface area contributed by atoms with Gasteiger partial charge in [0, 0.05) is 44.1 Å². The third-order valence-electron chi connectivity index (χ3n) is 3.39. The first-order valence-electron chi connectivity index (χ1n) is 6.43. The molecule has 0 spiro atoms. The Bertz CT molecular complexity index is 528. The van der Waals surface area contributed by atoms with E-state index < -0.39 is 0 Å². The fourth-order valence-electron chi connectivity index (χ4n) is 2.33. The van der Waals surface area contributed by atoms with Crippen molar-refractivity contribution in [1.82, 2.24) is 15.0 Å². The summed E-state index contributed by atoms with van der Waals surface area (Å²) >= 11 is 0. The number of rotatable bonds is 4. The maximum absolute atomic E-state index is 9.18. The second-order valence-electron chi connectivity index (χ2n) is 4.77. The van der Waals surface area contributed by atoms with Gasteiger partial charge in [0.2, 0.25) is 0 Å². The smallest absolute Gasteiger partial charge is 0.135 e. The van der Waals surface area contributed by atoms with Gasteiger partial charge in [-0.05, 0) is 12.5 Å². The predicted molar refractivity (Wildman–Crippen MR) is 73.5 cm³/mol. The number of H-pyrrole nitrogens is 1. The number of nitrogens with one attached hydrogen (secondary N) is 2. The van der Waals surface area contributed by atoms with Crippen LogP contribution in [0.4, 0.5) is 17.3 Å². The topological polar surface area (TPSA) is 77.1 Å². The lowest BCUT2D eigenvalue weighted by molar-refractivity contribution is 0.238. The highest BCUT2D eigenvalue weighted by Crippen LogP contribution is 2.23. The molecule has 3 heterocycles. The molecule has 1 fully saturated rings. The van der Waals surface area contributed by atoms with Crippen LogP contribution in [0.1, 0.15) is 6.42 Å². The van der Waals surface area contributed by atoms with E-state index in [1.165, 1.54) is 0 Å². The molecule has 3 N–H and O–H groups in total. The van der Waals surface area contributed by atoms with Crippen molar-refractivity contribution < 1.29 is 5.11 Å². The molecule has 19 heavy (non-hydrogen) atoms. The molecule has 0 bridgehead atoms. The van der Waals surface area contributed by atoms with E-state index in [1.807, 2.05) is 24.5 Å². The number of nitrogens with zero attached hydrogens (tertiary/aromatic N) is 3. The highest BCUT2D eigenvalue weighted by molar-refractivity contribution is 5.58. The first kappa shape index (κ1) is 12.0. The third-order valence-corrected chi connectivity index (χ3v) is 3.39. The van der Waals surface area contributed by atoms with E-state index in [0.717, 1.165) is 36.8 Å². The van der Waals surface area contributed by atoms with E-state index in [0.29, 0.717) is 5.92 Å². The Kier molecular flexibility index (Phi) is 3.33. The molecular weight excluding hydrogens is 242 g/mol. The van der Waals surface area contributed by atoms with Crippen LogP contribution in [0.15, 0.2) is 30.9 Å². The molecule has 0 saturated carbocycles. The second kappa shape index (κ2) is 5.27. The van der Waals surface area contributed by atoms with Crippen molar-refractivity contribution >= 4 is 17.3 Å². The van der Waals surface area contributed by atoms with Crippen LogP contribution in [-0.2, 0) is 0 Å². The van der Waals surface area contributed by atoms with Crippen molar-refractivity contribution in [2.24, 2.45) is 5.92 Å². The van der Waals surface area contributed by atoms with Crippen LogP contribution in [-0.4, -0.2) is 39.8 Å². The summed E-state index contributed by atoms with van der Waals surface area (Å²) in [6, 6.07) is 3.88. The van der Waals surface area contributed by atoms with Crippen LogP contribution < -0.4 is 10.2 Å². The summed E-state index contributed by atoms with van der Waals surface area (Å²) in [7, 11) is 0. The Labute approximate surface area is 111 Å². The zero-order valence-electron chi connectivity index (χ0n) is 10.6. The Morgan fingerprint density at radius 3 is 3.16 bits per heavy atom. The van der Waals surface area contributed by atoms with Crippen molar-refractivity contribution in [3.8, 4) is 0 Å². The molecule has 1 unspecified atom stereocenters. The number of hydrogen-bond acceptors (Lipinski definition) is 5. The van der Waals surface area contributed by atoms with Crippen LogP contribution in [0.3, 0.4) is 0 Å². The van der Waals surface area contributed by atoms with E-state index in [1.54, 1.807) is 6.33 Å². The molecule has 0 amide bonds. The third kappa shape index (κ3) is 2.68. The van der Waals surface area contributed by atoms with E-state index in [-0.39, 0.29) is 6.61 Å². The van der Waals surface area contributed by atoms with Gasteiger partial charge in [0.25, 0.3) is 0 Å². The summed E-state index contributed by atoms with van der Waals surface area (Å²) in [6.07, 6.45) is 6.31. The molecule has 1 saturated heterocycles. The van der Waals surface area contributed by atoms with E-state index in [9.17, 15) is 5.11 Å². The Morgan fingerprint density at radius 2 is 2.42 bits per heavy atom. The summed E-state index contributed by atoms with van der Waals surface area (Å²) in [5, 5.41) is 12.4. The molecule has 6 heteroatoms. The zero-order chi connectivity index (χ0) is 13.1. The number of anilines is 3. The molecule has 6 nitrogen and oxygen atoms in total. The number of hydrogen-bond donors (Lipinski definition) is 3. The van der Waals surface area contributed by atoms with Crippen LogP contribution in [0.25, 0.3) is 0 Å². The molecule has 1 aliphatic heterocycles. The Hall–Kier alpha value is -2.08. The first-order valence-corrected chi connectivity index (χ1v) is 6.43. The van der Waals surface area contributed by atoms with Crippen molar-refractivity contribution in [2.75, 3.05) is 29.9 Å². The van der Waals surface area contributed by atoms with Crippen molar-refractivity contribution in [2.45, 2.75) is 6.42 Å². The molecular formula is C13H17N5O. The minimum absolute atomic E-state index is 0.246. The number of aromatic nitrogens is 3. The van der Waals surface area contributed by atoms with Crippen LogP contribution in [0.5, 0.6) is 0 Å². The standard InChI is InChI=1S/C13H17N5O/c19-8-10-2-4-18(7-10)13-5-12(15-9-16-13)17-11-1-3-14-6-11/h1,3,5-6,9-10,14,19H,2,4,7-8H2,(H,15,16,17). The predicted octanol–water partition coefficient (Wildman–Crippen LogP) is 1.37. The summed E-state index contributed by atoms with van der Waals surface area (Å²) in [5.41, 5.74) is 0.972. The molecule has 1 aliphatic rings. The normalized spacial score (nSPS) is 18.8. The van der Waals surface area contributed by atoms with Gasteiger partial charge in [-0.25, -0.2) is 9.97 Å². The highest BCUT2D eigenvalue weighted by atomic mass is 16.3. The SMILES string of the molecule is OCC1CCN(c2cc(Nc3cc[nH]c3)ncn2)C1. The van der Waals surface area contributed by atoms with Gasteiger partial charge >= 0.3 is 0 Å². The Balaban J connectivity index is 1.73. The van der Waals surface area contributed by atoms with Gasteiger partial charge in [0.05, 0.1) is 5.69 Å². The fraction of sp³-hybridized carbons (Fsp3) is 0.385. The van der Waals surface area contributed by atoms with Gasteiger partial charge < -0.3 is 20.3 Å². The van der Waals surface area contributed by atoms with Gasteiger partial charge in [-0.3, -0.25) is 0 Å². The number of aromatic amines is 1. The molecule has 0 radical (unpaired) electrons. The number of aliphatic hydroxyl groups excluding tert-OH is 1. The molecule has 1 atom stereocenters. The minimum atomic E-state index is 0.246. The summed E-state index contributed by atoms with van der Waals surface area (Å²) < 4.78 is 0. The minimum Gasteiger partial charge on any atom is -0.396 e. The van der Waals surface area contributed by atoms with Crippen molar-refractivity contribution in [1.29, 1.82) is 0 Å². The van der Waals surface area contributed by atoms with Gasteiger partial charge in [0.1, 0.15) is 18.0 Å². The lowest BCUT2D eigenvalue weighted by Crippen LogP contribution is -2.21. The average molecular weight is 259 g/mol. The zero-order valence-corrected chi connectivity index (χ0v) is 10.6. The number of aliphatic hydroxyl groups is 1. The van der Waals surface area contributed by atoms with Gasteiger partial charge in [-0.2, -0.15) is 0 Å². The monoisotopic (exact) mass is 259 g/mol. The molecule has 2 aromatic heterocycles. The quantitative estimate of drug-likeness (QED) is 0.773. The van der Waals surface area contributed by atoms with Crippen LogP contribution >= 0.6 is 0 Å². The summed E-state index contributed by atoms with van der Waals surface area (Å²) in [6.45, 7) is 2.04. The summed E-state index contributed by atoms with van der Waals surface area (Å²) in [4.78, 5) is 13.7. The maximum atomic E-state index is 9.18. The van der Waals surface area contributed by atoms with E-state index >= 15 is 0 Å². The van der Waals surface area contributed by atoms with Crippen molar-refractivity contribution in [3.05, 3.63) is 30.9 Å². The molecule has 2 aromatic rings. The Morgan fingerprint density at radius 1 is 1.47 bits per heavy atom. The molecule has 100 valence electrons. The van der Waals surface area contributed by atoms with Gasteiger partial charge in [0.15, 0.2) is 0 Å². The van der Waals surface area contributed by atoms with Gasteiger partial charge in [-0.1, -0.05) is 0 Å². The fourth-order valence-corrected chi connectivity index (χ4v) is 2.33. The lowest BCUT2D eigenvalue weighted by Gasteiger charge is -2.17. The lowest BCUT2D eigenvalue weighted by atomic mass is 10.1. The first-order chi connectivity index (χ1) is 9.35. The summed E-state index contributed by atoms with van der Waals surface area (Å²) in [5.74, 6) is 2.04. The van der Waals surface area contributed by atoms with Crippen molar-refractivity contribution in [3.63, 3.8) is 0 Å². The molecule has 0 aliphatic carbocycles. The van der Waals surface area contributed by atoms with E-state index in [4.69, 9.17) is 0 Å². The largest absolute Gasteiger partial charge is 0.396 e. The van der Waals surface area contributed by atoms with Crippen LogP contribution in [0.2, 0.25) is 0 Å². The maximum Gasteiger partial charge on any atom is 0.135 e. The van der Waals surface area contributed by atoms with E-state index in [2.05, 4.69) is 25.2 Å². The molecule has 0 aromatic carbocycles. The highest BCUT2D eigenvalue weighted by Gasteiger charge is 2.22. The average Bonchev–Trinajstić information content (AvgIpc) is 3.09. The van der Waals surface area contributed by atoms with Crippen LogP contribution in [0, 0.1) is 5.92 Å². The van der Waals surface area contributed by atoms with Gasteiger partial charge in [-0.15, -0.1) is 0 Å². The second-order valence-corrected chi connectivity index (χ2v) is 4.77. The molecule has 3 rings (SSSR count).